The fourth-order valence-electron chi connectivity index (χ4n) is 10.9. The predicted molar refractivity (Wildman–Crippen MR) is 136 cm³/mol. The summed E-state index contributed by atoms with van der Waals surface area (Å²) in [5.41, 5.74) is 1.09. The molecule has 4 heterocycles. The van der Waals surface area contributed by atoms with Crippen LogP contribution < -0.4 is 4.90 Å². The summed E-state index contributed by atoms with van der Waals surface area (Å²) in [5.74, 6) is 0.713. The quantitative estimate of drug-likeness (QED) is 0.501. The molecule has 8 rings (SSSR count). The number of carbonyl (C=O) groups is 2. The van der Waals surface area contributed by atoms with Crippen molar-refractivity contribution in [3.8, 4) is 0 Å². The molecule has 0 radical (unpaired) electrons. The third kappa shape index (κ3) is 2.38. The van der Waals surface area contributed by atoms with Crippen molar-refractivity contribution < 1.29 is 24.2 Å². The lowest BCUT2D eigenvalue weighted by molar-refractivity contribution is -0.155. The van der Waals surface area contributed by atoms with Gasteiger partial charge in [-0.3, -0.25) is 9.59 Å². The smallest absolute Gasteiger partial charge is 0.311 e. The Morgan fingerprint density at radius 3 is 2.84 bits per heavy atom. The molecule has 3 saturated carbocycles. The number of amides is 1. The average molecular weight is 505 g/mol. The van der Waals surface area contributed by atoms with Crippen LogP contribution in [0.2, 0.25) is 0 Å². The van der Waals surface area contributed by atoms with Gasteiger partial charge in [-0.1, -0.05) is 31.2 Å². The van der Waals surface area contributed by atoms with Crippen molar-refractivity contribution in [2.75, 3.05) is 38.3 Å². The zero-order valence-electron chi connectivity index (χ0n) is 21.6. The first-order chi connectivity index (χ1) is 17.9. The molecule has 3 saturated heterocycles. The van der Waals surface area contributed by atoms with Gasteiger partial charge >= 0.3 is 5.97 Å². The van der Waals surface area contributed by atoms with E-state index in [1.807, 2.05) is 23.1 Å². The van der Waals surface area contributed by atoms with Gasteiger partial charge in [-0.05, 0) is 49.3 Å². The van der Waals surface area contributed by atoms with Crippen LogP contribution in [0.25, 0.3) is 0 Å². The lowest BCUT2D eigenvalue weighted by Gasteiger charge is -2.54. The van der Waals surface area contributed by atoms with Crippen LogP contribution in [0.15, 0.2) is 36.9 Å². The number of carbonyl (C=O) groups excluding carboxylic acids is 2. The number of benzene rings is 1. The molecule has 1 N–H and O–H groups in total. The first-order valence-corrected chi connectivity index (χ1v) is 14.1. The maximum atomic E-state index is 15.0. The lowest BCUT2D eigenvalue weighted by Crippen LogP contribution is -2.63. The summed E-state index contributed by atoms with van der Waals surface area (Å²) < 4.78 is 12.4. The standard InChI is InChI=1S/C30H36N2O5/c1-4-29-14-31(3)25-18-13-36-23(10-20(18)29)30(26(25)29)19-7-5-6-8-21(19)32(28(30)35)11-16-24-17(12-33)15(2)9-22(24)37-27(16)34/h4-8,15-18,20,22-26,33H,1,9-14H2,2-3H3/t15-,16-,17+,18-,20+,22-,23+,24+,25+,26-,29-,30-/m0/s1. The molecule has 3 aliphatic carbocycles. The van der Waals surface area contributed by atoms with Crippen LogP contribution in [0.3, 0.4) is 0 Å². The highest BCUT2D eigenvalue weighted by Gasteiger charge is 2.80. The number of ether oxygens (including phenoxy) is 2. The third-order valence-electron chi connectivity index (χ3n) is 12.1. The molecule has 7 aliphatic rings. The normalized spacial score (nSPS) is 50.7. The molecule has 1 aromatic carbocycles. The number of hydrogen-bond donors (Lipinski definition) is 1. The lowest BCUT2D eigenvalue weighted by atomic mass is 9.51. The third-order valence-corrected chi connectivity index (χ3v) is 12.1. The van der Waals surface area contributed by atoms with Crippen molar-refractivity contribution in [3.63, 3.8) is 0 Å². The number of rotatable bonds is 4. The number of hydrogen-bond acceptors (Lipinski definition) is 6. The average Bonchev–Trinajstić information content (AvgIpc) is 3.57. The largest absolute Gasteiger partial charge is 0.462 e. The minimum atomic E-state index is -0.775. The Bertz CT molecular complexity index is 1220. The van der Waals surface area contributed by atoms with Crippen LogP contribution in [-0.2, 0) is 24.5 Å². The second-order valence-electron chi connectivity index (χ2n) is 13.0. The second kappa shape index (κ2) is 7.25. The summed E-state index contributed by atoms with van der Waals surface area (Å²) in [7, 11) is 2.19. The number of aliphatic hydroxyl groups is 1. The topological polar surface area (TPSA) is 79.3 Å². The zero-order valence-corrected chi connectivity index (χ0v) is 21.6. The molecule has 0 aromatic heterocycles. The molecule has 196 valence electrons. The number of piperidine rings is 1. The van der Waals surface area contributed by atoms with Crippen LogP contribution in [0.1, 0.15) is 25.3 Å². The Morgan fingerprint density at radius 2 is 2.05 bits per heavy atom. The van der Waals surface area contributed by atoms with Gasteiger partial charge in [-0.2, -0.15) is 0 Å². The van der Waals surface area contributed by atoms with E-state index < -0.39 is 11.3 Å². The van der Waals surface area contributed by atoms with Gasteiger partial charge in [-0.15, -0.1) is 6.58 Å². The number of fused-ring (bicyclic) bond motifs is 6. The zero-order chi connectivity index (χ0) is 25.4. The van der Waals surface area contributed by atoms with Crippen molar-refractivity contribution in [2.45, 2.75) is 43.4 Å². The Labute approximate surface area is 217 Å². The molecule has 12 atom stereocenters. The fourth-order valence-corrected chi connectivity index (χ4v) is 10.9. The van der Waals surface area contributed by atoms with E-state index in [2.05, 4.69) is 37.6 Å². The number of esters is 1. The number of aliphatic hydroxyl groups excluding tert-OH is 1. The number of likely N-dealkylation sites (tertiary alicyclic amines) is 1. The fraction of sp³-hybridized carbons (Fsp3) is 0.667. The van der Waals surface area contributed by atoms with E-state index in [9.17, 15) is 14.7 Å². The van der Waals surface area contributed by atoms with E-state index in [4.69, 9.17) is 9.47 Å². The van der Waals surface area contributed by atoms with Crippen molar-refractivity contribution >= 4 is 17.6 Å². The van der Waals surface area contributed by atoms with E-state index >= 15 is 0 Å². The second-order valence-corrected chi connectivity index (χ2v) is 13.0. The number of para-hydroxylation sites is 1. The van der Waals surface area contributed by atoms with Gasteiger partial charge < -0.3 is 24.4 Å². The molecule has 1 amide bonds. The molecular weight excluding hydrogens is 468 g/mol. The summed E-state index contributed by atoms with van der Waals surface area (Å²) >= 11 is 0. The van der Waals surface area contributed by atoms with E-state index in [0.29, 0.717) is 30.9 Å². The van der Waals surface area contributed by atoms with Crippen molar-refractivity contribution in [2.24, 2.45) is 46.8 Å². The SMILES string of the molecule is C=C[C@]12CN(C)[C@@H]3[C@H]4CO[C@H](C[C@H]41)[C@]1(C(=O)N(C[C@@H]4C(=O)O[C@H]5C[C@H](C)[C@@H](CO)[C@H]54)c4ccccc41)[C@@H]32. The molecule has 7 heteroatoms. The highest BCUT2D eigenvalue weighted by molar-refractivity contribution is 6.10. The van der Waals surface area contributed by atoms with Gasteiger partial charge in [0.25, 0.3) is 0 Å². The highest BCUT2D eigenvalue weighted by atomic mass is 16.6. The number of nitrogens with zero attached hydrogens (tertiary/aromatic N) is 2. The number of anilines is 1. The maximum absolute atomic E-state index is 15.0. The van der Waals surface area contributed by atoms with Crippen molar-refractivity contribution in [1.82, 2.24) is 4.90 Å². The van der Waals surface area contributed by atoms with Gasteiger partial charge in [0.1, 0.15) is 11.5 Å². The van der Waals surface area contributed by atoms with Crippen LogP contribution in [0.4, 0.5) is 5.69 Å². The van der Waals surface area contributed by atoms with Crippen LogP contribution >= 0.6 is 0 Å². The van der Waals surface area contributed by atoms with Gasteiger partial charge in [0, 0.05) is 54.6 Å². The highest BCUT2D eigenvalue weighted by Crippen LogP contribution is 2.74. The van der Waals surface area contributed by atoms with Gasteiger partial charge in [0.2, 0.25) is 5.91 Å². The van der Waals surface area contributed by atoms with E-state index in [0.717, 1.165) is 30.6 Å². The molecule has 0 unspecified atom stereocenters. The van der Waals surface area contributed by atoms with E-state index in [1.165, 1.54) is 0 Å². The molecule has 37 heavy (non-hydrogen) atoms. The molecular formula is C30H36N2O5. The maximum Gasteiger partial charge on any atom is 0.311 e. The summed E-state index contributed by atoms with van der Waals surface area (Å²) in [6.07, 6.45) is 3.51. The summed E-state index contributed by atoms with van der Waals surface area (Å²) in [6.45, 7) is 8.45. The Hall–Kier alpha value is -2.22. The van der Waals surface area contributed by atoms with Gasteiger partial charge in [0.15, 0.2) is 0 Å². The Morgan fingerprint density at radius 1 is 1.24 bits per heavy atom. The molecule has 6 fully saturated rings. The van der Waals surface area contributed by atoms with Crippen LogP contribution in [0.5, 0.6) is 0 Å². The van der Waals surface area contributed by atoms with Crippen molar-refractivity contribution in [1.29, 1.82) is 0 Å². The predicted octanol–water partition coefficient (Wildman–Crippen LogP) is 2.23. The minimum Gasteiger partial charge on any atom is -0.462 e. The Balaban J connectivity index is 1.25. The van der Waals surface area contributed by atoms with E-state index in [1.54, 1.807) is 0 Å². The molecule has 4 aliphatic heterocycles. The Kier molecular flexibility index (Phi) is 4.45. The summed E-state index contributed by atoms with van der Waals surface area (Å²) in [5, 5.41) is 10.2. The van der Waals surface area contributed by atoms with Crippen LogP contribution in [-0.4, -0.2) is 73.5 Å². The van der Waals surface area contributed by atoms with E-state index in [-0.39, 0.29) is 59.9 Å². The van der Waals surface area contributed by atoms with Gasteiger partial charge in [0.05, 0.1) is 18.6 Å². The summed E-state index contributed by atoms with van der Waals surface area (Å²) in [6, 6.07) is 8.48. The molecule has 7 nitrogen and oxygen atoms in total. The monoisotopic (exact) mass is 504 g/mol. The first-order valence-electron chi connectivity index (χ1n) is 14.1. The minimum absolute atomic E-state index is 0.0149. The molecule has 1 spiro atoms. The van der Waals surface area contributed by atoms with Crippen LogP contribution in [0, 0.1) is 46.8 Å². The van der Waals surface area contributed by atoms with Crippen molar-refractivity contribution in [3.05, 3.63) is 42.5 Å². The molecule has 1 aromatic rings. The first kappa shape index (κ1) is 22.7. The molecule has 5 bridgehead atoms. The van der Waals surface area contributed by atoms with Gasteiger partial charge in [-0.25, -0.2) is 0 Å². The summed E-state index contributed by atoms with van der Waals surface area (Å²) in [4.78, 5) is 32.5.